The largest absolute Gasteiger partial charge is 0.464 e. The van der Waals surface area contributed by atoms with E-state index >= 15 is 17.6 Å². The van der Waals surface area contributed by atoms with Gasteiger partial charge in [-0.2, -0.15) is 26.3 Å². The van der Waals surface area contributed by atoms with E-state index in [9.17, 15) is 31.9 Å². The first-order chi connectivity index (χ1) is 24.3. The van der Waals surface area contributed by atoms with Crippen molar-refractivity contribution in [2.75, 3.05) is 27.2 Å². The number of carbonyl (C=O) groups is 3. The van der Waals surface area contributed by atoms with Crippen molar-refractivity contribution in [2.45, 2.75) is 140 Å². The van der Waals surface area contributed by atoms with Gasteiger partial charge in [0.15, 0.2) is 0 Å². The number of fused-ring (bicyclic) bond motifs is 10. The molecule has 0 N–H and O–H groups in total. The quantitative estimate of drug-likeness (QED) is 0.107. The van der Waals surface area contributed by atoms with Gasteiger partial charge in [-0.15, -0.1) is 0 Å². The Hall–Kier alpha value is -2.19. The highest BCUT2D eigenvalue weighted by atomic mass is 19.4. The molecule has 15 heteroatoms. The summed E-state index contributed by atoms with van der Waals surface area (Å²) >= 11 is 0. The maximum Gasteiger partial charge on any atom is 0.378 e. The molecule has 6 saturated carbocycles. The van der Waals surface area contributed by atoms with Crippen LogP contribution in [0.3, 0.4) is 0 Å². The van der Waals surface area contributed by atoms with Crippen LogP contribution in [0.15, 0.2) is 0 Å². The molecule has 0 saturated heterocycles. The lowest BCUT2D eigenvalue weighted by atomic mass is 9.65. The number of esters is 3. The highest BCUT2D eigenvalue weighted by molar-refractivity contribution is 5.83. The van der Waals surface area contributed by atoms with Crippen LogP contribution in [0.1, 0.15) is 98.8 Å². The Kier molecular flexibility index (Phi) is 9.67. The van der Waals surface area contributed by atoms with Crippen LogP contribution in [0.25, 0.3) is 0 Å². The summed E-state index contributed by atoms with van der Waals surface area (Å²) in [7, 11) is 3.54. The predicted molar refractivity (Wildman–Crippen MR) is 175 cm³/mol. The molecule has 0 heterocycles. The van der Waals surface area contributed by atoms with Crippen LogP contribution in [-0.4, -0.2) is 91.4 Å². The molecular formula is C38H53F8NO6. The molecule has 0 aliphatic heterocycles. The minimum absolute atomic E-state index is 0.0129. The molecule has 302 valence electrons. The third kappa shape index (κ3) is 5.51. The first kappa shape index (κ1) is 40.5. The van der Waals surface area contributed by atoms with Crippen molar-refractivity contribution < 1.29 is 63.7 Å². The summed E-state index contributed by atoms with van der Waals surface area (Å²) in [5, 5.41) is 0. The zero-order valence-electron chi connectivity index (χ0n) is 31.5. The topological polar surface area (TPSA) is 82.1 Å². The van der Waals surface area contributed by atoms with E-state index in [1.165, 1.54) is 27.2 Å². The summed E-state index contributed by atoms with van der Waals surface area (Å²) in [5.74, 6) is -23.9. The van der Waals surface area contributed by atoms with E-state index in [-0.39, 0.29) is 37.9 Å². The average Bonchev–Trinajstić information content (AvgIpc) is 3.88. The summed E-state index contributed by atoms with van der Waals surface area (Å²) < 4.78 is 138. The lowest BCUT2D eigenvalue weighted by Gasteiger charge is -2.44. The zero-order chi connectivity index (χ0) is 39.5. The highest BCUT2D eigenvalue weighted by Crippen LogP contribution is 2.79. The molecule has 0 aromatic heterocycles. The molecule has 6 fully saturated rings. The van der Waals surface area contributed by atoms with E-state index in [4.69, 9.17) is 14.2 Å². The minimum atomic E-state index is -6.34. The van der Waals surface area contributed by atoms with Crippen molar-refractivity contribution in [3.8, 4) is 0 Å². The average molecular weight is 772 g/mol. The van der Waals surface area contributed by atoms with Crippen molar-refractivity contribution in [2.24, 2.45) is 51.8 Å². The van der Waals surface area contributed by atoms with E-state index in [1.54, 1.807) is 32.8 Å². The summed E-state index contributed by atoms with van der Waals surface area (Å²) in [6.07, 6.45) is 0.551. The predicted octanol–water partition coefficient (Wildman–Crippen LogP) is 7.98. The maximum atomic E-state index is 16.3. The Morgan fingerprint density at radius 3 is 1.89 bits per heavy atom. The fourth-order valence-electron chi connectivity index (χ4n) is 11.7. The van der Waals surface area contributed by atoms with Crippen molar-refractivity contribution in [1.29, 1.82) is 0 Å². The van der Waals surface area contributed by atoms with E-state index in [0.29, 0.717) is 24.3 Å². The first-order valence-electron chi connectivity index (χ1n) is 19.0. The summed E-state index contributed by atoms with van der Waals surface area (Å²) in [5.41, 5.74) is -14.5. The maximum absolute atomic E-state index is 16.3. The number of rotatable bonds is 13. The molecule has 6 aliphatic carbocycles. The molecule has 0 amide bonds. The smallest absolute Gasteiger partial charge is 0.378 e. The van der Waals surface area contributed by atoms with Gasteiger partial charge in [0.2, 0.25) is 11.3 Å². The van der Waals surface area contributed by atoms with Crippen molar-refractivity contribution in [3.63, 3.8) is 0 Å². The molecule has 12 atom stereocenters. The fourth-order valence-corrected chi connectivity index (χ4v) is 11.7. The molecular weight excluding hydrogens is 718 g/mol. The standard InChI is InChI=1S/C38H53F8NO6/c1-8-32(4,29(49)52-26-15-20-14-24(26)23-11-9-10-22(20)23)19-33(5,18-31(2,3)28(48)51-13-12-47(6)7)30(50)53-27-17-21-16-25(27)35(40)34(21,39)36(41,42)38(45,46)37(35,43)44/h20-27H,8-19H2,1-7H3. The Bertz CT molecular complexity index is 1490. The molecule has 0 aromatic rings. The number of likely N-dealkylation sites (N-methyl/N-ethyl adjacent to an activating group) is 1. The lowest BCUT2D eigenvalue weighted by molar-refractivity contribution is -0.298. The normalized spacial score (nSPS) is 40.8. The highest BCUT2D eigenvalue weighted by Gasteiger charge is 3.04. The number of carbonyl (C=O) groups excluding carboxylic acids is 3. The van der Waals surface area contributed by atoms with Crippen LogP contribution in [-0.2, 0) is 28.6 Å². The second-order valence-electron chi connectivity index (χ2n) is 18.6. The molecule has 6 aliphatic rings. The third-order valence-electron chi connectivity index (χ3n) is 14.4. The molecule has 53 heavy (non-hydrogen) atoms. The van der Waals surface area contributed by atoms with Crippen LogP contribution in [0.5, 0.6) is 0 Å². The van der Waals surface area contributed by atoms with Gasteiger partial charge < -0.3 is 19.1 Å². The van der Waals surface area contributed by atoms with Gasteiger partial charge in [0.25, 0.3) is 0 Å². The number of hydrogen-bond acceptors (Lipinski definition) is 7. The summed E-state index contributed by atoms with van der Waals surface area (Å²) in [6.45, 7) is 8.10. The summed E-state index contributed by atoms with van der Waals surface area (Å²) in [4.78, 5) is 43.6. The van der Waals surface area contributed by atoms with Gasteiger partial charge in [-0.05, 0) is 123 Å². The number of hydrogen-bond donors (Lipinski definition) is 0. The van der Waals surface area contributed by atoms with Gasteiger partial charge in [0, 0.05) is 18.4 Å². The monoisotopic (exact) mass is 771 g/mol. The van der Waals surface area contributed by atoms with Crippen LogP contribution >= 0.6 is 0 Å². The van der Waals surface area contributed by atoms with Crippen LogP contribution in [0, 0.1) is 51.8 Å². The molecule has 7 nitrogen and oxygen atoms in total. The molecule has 4 bridgehead atoms. The second kappa shape index (κ2) is 12.7. The molecule has 0 radical (unpaired) electrons. The lowest BCUT2D eigenvalue weighted by Crippen LogP contribution is -2.64. The van der Waals surface area contributed by atoms with Gasteiger partial charge in [0.05, 0.1) is 16.2 Å². The molecule has 12 unspecified atom stereocenters. The van der Waals surface area contributed by atoms with E-state index in [2.05, 4.69) is 0 Å². The third-order valence-corrected chi connectivity index (χ3v) is 14.4. The van der Waals surface area contributed by atoms with Gasteiger partial charge in [-0.3, -0.25) is 14.4 Å². The Balaban J connectivity index is 1.26. The molecule has 0 aromatic carbocycles. The first-order valence-corrected chi connectivity index (χ1v) is 19.0. The van der Waals surface area contributed by atoms with Crippen molar-refractivity contribution >= 4 is 17.9 Å². The SMILES string of the molecule is CCC(C)(CC(C)(CC(C)(C)C(=O)OCCN(C)C)C(=O)OC1CC2CC1C1(F)C(F)(F)C(F)(F)C(F)(F)C21F)C(=O)OC1CC2CC1C1CCCC21. The second-order valence-corrected chi connectivity index (χ2v) is 18.6. The van der Waals surface area contributed by atoms with Crippen LogP contribution in [0.2, 0.25) is 0 Å². The number of alkyl halides is 8. The Morgan fingerprint density at radius 2 is 1.26 bits per heavy atom. The van der Waals surface area contributed by atoms with E-state index < -0.39 is 94.0 Å². The van der Waals surface area contributed by atoms with Gasteiger partial charge >= 0.3 is 35.7 Å². The minimum Gasteiger partial charge on any atom is -0.464 e. The van der Waals surface area contributed by atoms with Crippen LogP contribution in [0.4, 0.5) is 35.1 Å². The molecule has 0 spiro atoms. The van der Waals surface area contributed by atoms with Gasteiger partial charge in [0.1, 0.15) is 18.8 Å². The Labute approximate surface area is 305 Å². The number of nitrogens with zero attached hydrogens (tertiary/aromatic N) is 1. The summed E-state index contributed by atoms with van der Waals surface area (Å²) in [6, 6.07) is 0. The van der Waals surface area contributed by atoms with Gasteiger partial charge in [-0.25, -0.2) is 8.78 Å². The van der Waals surface area contributed by atoms with E-state index in [0.717, 1.165) is 25.7 Å². The molecule has 6 rings (SSSR count). The van der Waals surface area contributed by atoms with Crippen molar-refractivity contribution in [1.82, 2.24) is 4.90 Å². The van der Waals surface area contributed by atoms with E-state index in [1.807, 2.05) is 0 Å². The zero-order valence-corrected chi connectivity index (χ0v) is 31.5. The van der Waals surface area contributed by atoms with Crippen molar-refractivity contribution in [3.05, 3.63) is 0 Å². The number of ether oxygens (including phenoxy) is 3. The fraction of sp³-hybridized carbons (Fsp3) is 0.921. The van der Waals surface area contributed by atoms with Crippen LogP contribution < -0.4 is 0 Å². The Morgan fingerprint density at radius 1 is 0.679 bits per heavy atom. The van der Waals surface area contributed by atoms with Gasteiger partial charge in [-0.1, -0.05) is 13.3 Å². The number of halogens is 8.